The number of hydrogen-bond donors (Lipinski definition) is 1. The number of nitrogens with one attached hydrogen (secondary N) is 1. The lowest BCUT2D eigenvalue weighted by Crippen LogP contribution is -2.14. The van der Waals surface area contributed by atoms with Crippen LogP contribution in [0.25, 0.3) is 10.9 Å². The van der Waals surface area contributed by atoms with Gasteiger partial charge in [-0.2, -0.15) is 0 Å². The van der Waals surface area contributed by atoms with Gasteiger partial charge in [-0.25, -0.2) is 0 Å². The zero-order chi connectivity index (χ0) is 12.3. The van der Waals surface area contributed by atoms with Crippen molar-refractivity contribution in [3.63, 3.8) is 0 Å². The Hall–Kier alpha value is -2.23. The predicted molar refractivity (Wildman–Crippen MR) is 65.7 cm³/mol. The molecule has 0 saturated heterocycles. The SMILES string of the molecule is CC(=O)CC(=O)Nc1ccc2ncccc2c1. The van der Waals surface area contributed by atoms with Crippen molar-refractivity contribution in [2.24, 2.45) is 0 Å². The molecule has 0 unspecified atom stereocenters. The number of fused-ring (bicyclic) bond motifs is 1. The molecule has 4 nitrogen and oxygen atoms in total. The topological polar surface area (TPSA) is 59.1 Å². The van der Waals surface area contributed by atoms with E-state index >= 15 is 0 Å². The van der Waals surface area contributed by atoms with Gasteiger partial charge in [0.05, 0.1) is 11.9 Å². The lowest BCUT2D eigenvalue weighted by Gasteiger charge is -2.04. The first-order valence-electron chi connectivity index (χ1n) is 5.29. The van der Waals surface area contributed by atoms with Crippen molar-refractivity contribution in [1.29, 1.82) is 0 Å². The summed E-state index contributed by atoms with van der Waals surface area (Å²) in [5, 5.41) is 3.63. The number of nitrogens with zero attached hydrogens (tertiary/aromatic N) is 1. The van der Waals surface area contributed by atoms with Crippen LogP contribution in [0.15, 0.2) is 36.5 Å². The Kier molecular flexibility index (Phi) is 3.14. The summed E-state index contributed by atoms with van der Waals surface area (Å²) in [6.07, 6.45) is 1.63. The smallest absolute Gasteiger partial charge is 0.231 e. The van der Waals surface area contributed by atoms with E-state index in [1.807, 2.05) is 24.3 Å². The van der Waals surface area contributed by atoms with Gasteiger partial charge in [-0.3, -0.25) is 14.6 Å². The first kappa shape index (κ1) is 11.3. The van der Waals surface area contributed by atoms with E-state index in [2.05, 4.69) is 10.3 Å². The van der Waals surface area contributed by atoms with E-state index in [-0.39, 0.29) is 18.1 Å². The summed E-state index contributed by atoms with van der Waals surface area (Å²) in [4.78, 5) is 26.4. The van der Waals surface area contributed by atoms with Crippen LogP contribution in [0.3, 0.4) is 0 Å². The minimum Gasteiger partial charge on any atom is -0.326 e. The zero-order valence-corrected chi connectivity index (χ0v) is 9.43. The van der Waals surface area contributed by atoms with Crippen molar-refractivity contribution in [2.45, 2.75) is 13.3 Å². The predicted octanol–water partition coefficient (Wildman–Crippen LogP) is 2.15. The second-order valence-electron chi connectivity index (χ2n) is 3.84. The number of ketones is 1. The van der Waals surface area contributed by atoms with Crippen LogP contribution in [0.5, 0.6) is 0 Å². The summed E-state index contributed by atoms with van der Waals surface area (Å²) in [7, 11) is 0. The normalized spacial score (nSPS) is 10.2. The van der Waals surface area contributed by atoms with Crippen LogP contribution in [0.4, 0.5) is 5.69 Å². The third-order valence-corrected chi connectivity index (χ3v) is 2.30. The summed E-state index contributed by atoms with van der Waals surface area (Å²) in [6, 6.07) is 9.19. The highest BCUT2D eigenvalue weighted by Crippen LogP contribution is 2.16. The van der Waals surface area contributed by atoms with Crippen molar-refractivity contribution in [2.75, 3.05) is 5.32 Å². The van der Waals surface area contributed by atoms with Crippen LogP contribution in [0, 0.1) is 0 Å². The highest BCUT2D eigenvalue weighted by molar-refractivity contribution is 6.04. The molecule has 1 N–H and O–H groups in total. The number of rotatable bonds is 3. The first-order chi connectivity index (χ1) is 8.15. The molecule has 1 aromatic heterocycles. The molecule has 0 saturated carbocycles. The molecule has 2 aromatic rings. The van der Waals surface area contributed by atoms with Gasteiger partial charge in [-0.15, -0.1) is 0 Å². The minimum absolute atomic E-state index is 0.0922. The number of anilines is 1. The molecule has 0 atom stereocenters. The van der Waals surface area contributed by atoms with Crippen molar-refractivity contribution in [3.8, 4) is 0 Å². The molecule has 1 heterocycles. The maximum absolute atomic E-state index is 11.4. The van der Waals surface area contributed by atoms with Gasteiger partial charge in [-0.1, -0.05) is 6.07 Å². The lowest BCUT2D eigenvalue weighted by molar-refractivity contribution is -0.124. The van der Waals surface area contributed by atoms with Gasteiger partial charge >= 0.3 is 0 Å². The Morgan fingerprint density at radius 3 is 2.88 bits per heavy atom. The lowest BCUT2D eigenvalue weighted by atomic mass is 10.2. The Balaban J connectivity index is 2.19. The fourth-order valence-corrected chi connectivity index (χ4v) is 1.58. The van der Waals surface area contributed by atoms with E-state index in [4.69, 9.17) is 0 Å². The number of aromatic nitrogens is 1. The van der Waals surface area contributed by atoms with E-state index in [0.717, 1.165) is 10.9 Å². The van der Waals surface area contributed by atoms with Gasteiger partial charge in [0, 0.05) is 17.3 Å². The summed E-state index contributed by atoms with van der Waals surface area (Å²) in [6.45, 7) is 1.39. The average molecular weight is 228 g/mol. The van der Waals surface area contributed by atoms with Gasteiger partial charge in [0.1, 0.15) is 5.78 Å². The molecule has 0 aliphatic rings. The van der Waals surface area contributed by atoms with Gasteiger partial charge in [0.15, 0.2) is 0 Å². The molecule has 17 heavy (non-hydrogen) atoms. The maximum Gasteiger partial charge on any atom is 0.231 e. The van der Waals surface area contributed by atoms with Crippen LogP contribution in [-0.4, -0.2) is 16.7 Å². The van der Waals surface area contributed by atoms with Gasteiger partial charge in [0.25, 0.3) is 0 Å². The highest BCUT2D eigenvalue weighted by Gasteiger charge is 2.05. The van der Waals surface area contributed by atoms with Crippen LogP contribution in [0.1, 0.15) is 13.3 Å². The molecule has 0 aliphatic carbocycles. The molecular weight excluding hydrogens is 216 g/mol. The van der Waals surface area contributed by atoms with Crippen LogP contribution in [0.2, 0.25) is 0 Å². The highest BCUT2D eigenvalue weighted by atomic mass is 16.2. The Bertz CT molecular complexity index is 578. The fraction of sp³-hybridized carbons (Fsp3) is 0.154. The van der Waals surface area contributed by atoms with Gasteiger partial charge < -0.3 is 5.32 Å². The second-order valence-corrected chi connectivity index (χ2v) is 3.84. The summed E-state index contributed by atoms with van der Waals surface area (Å²) in [5.41, 5.74) is 1.55. The number of benzene rings is 1. The first-order valence-corrected chi connectivity index (χ1v) is 5.29. The van der Waals surface area contributed by atoms with Crippen molar-refractivity contribution >= 4 is 28.3 Å². The zero-order valence-electron chi connectivity index (χ0n) is 9.43. The molecular formula is C13H12N2O2. The standard InChI is InChI=1S/C13H12N2O2/c1-9(16)7-13(17)15-11-4-5-12-10(8-11)3-2-6-14-12/h2-6,8H,7H2,1H3,(H,15,17). The molecule has 1 aromatic carbocycles. The molecule has 4 heteroatoms. The van der Waals surface area contributed by atoms with Crippen molar-refractivity contribution in [3.05, 3.63) is 36.5 Å². The number of amides is 1. The van der Waals surface area contributed by atoms with Gasteiger partial charge in [-0.05, 0) is 31.2 Å². The molecule has 2 rings (SSSR count). The molecule has 0 bridgehead atoms. The number of Topliss-reactive ketones (excluding diaryl/α,β-unsaturated/α-hetero) is 1. The number of carbonyl (C=O) groups is 2. The number of hydrogen-bond acceptors (Lipinski definition) is 3. The van der Waals surface area contributed by atoms with Crippen molar-refractivity contribution in [1.82, 2.24) is 4.98 Å². The molecule has 1 amide bonds. The number of pyridine rings is 1. The quantitative estimate of drug-likeness (QED) is 0.819. The number of carbonyl (C=O) groups excluding carboxylic acids is 2. The molecule has 86 valence electrons. The van der Waals surface area contributed by atoms with E-state index in [1.165, 1.54) is 6.92 Å². The average Bonchev–Trinajstić information content (AvgIpc) is 2.27. The van der Waals surface area contributed by atoms with E-state index < -0.39 is 0 Å². The van der Waals surface area contributed by atoms with Crippen LogP contribution >= 0.6 is 0 Å². The monoisotopic (exact) mass is 228 g/mol. The second kappa shape index (κ2) is 4.74. The molecule has 0 fully saturated rings. The Morgan fingerprint density at radius 2 is 2.12 bits per heavy atom. The van der Waals surface area contributed by atoms with E-state index in [0.29, 0.717) is 5.69 Å². The van der Waals surface area contributed by atoms with Crippen LogP contribution in [-0.2, 0) is 9.59 Å². The van der Waals surface area contributed by atoms with Crippen molar-refractivity contribution < 1.29 is 9.59 Å². The van der Waals surface area contributed by atoms with E-state index in [9.17, 15) is 9.59 Å². The molecule has 0 spiro atoms. The van der Waals surface area contributed by atoms with Gasteiger partial charge in [0.2, 0.25) is 5.91 Å². The maximum atomic E-state index is 11.4. The fourth-order valence-electron chi connectivity index (χ4n) is 1.58. The minimum atomic E-state index is -0.291. The third kappa shape index (κ3) is 2.87. The molecule has 0 aliphatic heterocycles. The Morgan fingerprint density at radius 1 is 1.29 bits per heavy atom. The summed E-state index contributed by atoms with van der Waals surface area (Å²) < 4.78 is 0. The largest absolute Gasteiger partial charge is 0.326 e. The van der Waals surface area contributed by atoms with E-state index in [1.54, 1.807) is 12.3 Å². The Labute approximate surface area is 98.7 Å². The summed E-state index contributed by atoms with van der Waals surface area (Å²) >= 11 is 0. The molecule has 0 radical (unpaired) electrons. The van der Waals surface area contributed by atoms with Crippen LogP contribution < -0.4 is 5.32 Å². The third-order valence-electron chi connectivity index (χ3n) is 2.30. The summed E-state index contributed by atoms with van der Waals surface area (Å²) in [5.74, 6) is -0.439.